The van der Waals surface area contributed by atoms with E-state index in [1.54, 1.807) is 0 Å². The van der Waals surface area contributed by atoms with Crippen LogP contribution >= 0.6 is 0 Å². The summed E-state index contributed by atoms with van der Waals surface area (Å²) in [5.41, 5.74) is -1.90. The molecule has 1 unspecified atom stereocenters. The predicted molar refractivity (Wildman–Crippen MR) is 108 cm³/mol. The van der Waals surface area contributed by atoms with Gasteiger partial charge in [0, 0.05) is 25.7 Å². The second-order valence-electron chi connectivity index (χ2n) is 8.52. The zero-order valence-corrected chi connectivity index (χ0v) is 19.1. The van der Waals surface area contributed by atoms with E-state index in [2.05, 4.69) is 15.1 Å². The van der Waals surface area contributed by atoms with Crippen LogP contribution in [-0.2, 0) is 15.3 Å². The summed E-state index contributed by atoms with van der Waals surface area (Å²) in [7, 11) is -3.63. The molecule has 2 aromatic heterocycles. The van der Waals surface area contributed by atoms with E-state index in [1.165, 1.54) is 13.8 Å². The number of pyridine rings is 1. The Hall–Kier alpha value is -2.84. The maximum atomic E-state index is 13.3. The van der Waals surface area contributed by atoms with E-state index in [-0.39, 0.29) is 23.1 Å². The van der Waals surface area contributed by atoms with Gasteiger partial charge in [-0.15, -0.1) is 0 Å². The topological polar surface area (TPSA) is 115 Å². The van der Waals surface area contributed by atoms with Crippen molar-refractivity contribution in [2.45, 2.75) is 37.8 Å². The largest absolute Gasteiger partial charge is 0.482 e. The number of halogens is 5. The number of ketones is 1. The molecule has 3 rings (SSSR count). The van der Waals surface area contributed by atoms with Crippen LogP contribution in [0.15, 0.2) is 16.8 Å². The monoisotopic (exact) mass is 512 g/mol. The third-order valence-corrected chi connectivity index (χ3v) is 6.07. The van der Waals surface area contributed by atoms with E-state index in [0.717, 1.165) is 23.4 Å². The molecule has 1 aliphatic rings. The molecule has 1 fully saturated rings. The Morgan fingerprint density at radius 2 is 1.94 bits per heavy atom. The molecule has 0 N–H and O–H groups in total. The Balaban J connectivity index is 1.91. The number of anilines is 1. The van der Waals surface area contributed by atoms with Crippen LogP contribution in [0.25, 0.3) is 0 Å². The SMILES string of the molecule is Cc1nc(C(C)(CC(=O)c2cc(OCC(F)(F)F)c(N3CC(F)(F)C3)cn2)CS(C)(=O)=O)no1. The number of aryl methyl sites for hydroxylation is 1. The van der Waals surface area contributed by atoms with Gasteiger partial charge >= 0.3 is 6.18 Å². The number of carbonyl (C=O) groups is 1. The van der Waals surface area contributed by atoms with Crippen molar-refractivity contribution < 1.29 is 44.4 Å². The van der Waals surface area contributed by atoms with Crippen LogP contribution in [0.4, 0.5) is 27.6 Å². The minimum Gasteiger partial charge on any atom is -0.482 e. The Bertz CT molecular complexity index is 1180. The van der Waals surface area contributed by atoms with Crippen LogP contribution in [0.3, 0.4) is 0 Å². The summed E-state index contributed by atoms with van der Waals surface area (Å²) in [5, 5.41) is 3.71. The summed E-state index contributed by atoms with van der Waals surface area (Å²) in [6.07, 6.45) is -3.26. The zero-order valence-electron chi connectivity index (χ0n) is 18.3. The van der Waals surface area contributed by atoms with Crippen molar-refractivity contribution in [3.05, 3.63) is 29.7 Å². The summed E-state index contributed by atoms with van der Waals surface area (Å²) in [6, 6.07) is 0.919. The van der Waals surface area contributed by atoms with Gasteiger partial charge in [-0.2, -0.15) is 18.2 Å². The van der Waals surface area contributed by atoms with E-state index in [4.69, 9.17) is 9.26 Å². The van der Waals surface area contributed by atoms with Gasteiger partial charge in [0.05, 0.1) is 36.1 Å². The highest BCUT2D eigenvalue weighted by atomic mass is 32.2. The maximum absolute atomic E-state index is 13.3. The highest BCUT2D eigenvalue weighted by Gasteiger charge is 2.45. The highest BCUT2D eigenvalue weighted by Crippen LogP contribution is 2.38. The lowest BCUT2D eigenvalue weighted by molar-refractivity contribution is -0.153. The fraction of sp³-hybridized carbons (Fsp3) is 0.579. The van der Waals surface area contributed by atoms with Gasteiger partial charge in [-0.3, -0.25) is 9.78 Å². The molecule has 0 radical (unpaired) electrons. The van der Waals surface area contributed by atoms with Gasteiger partial charge in [0.1, 0.15) is 21.3 Å². The molecule has 0 aliphatic carbocycles. The molecular weight excluding hydrogens is 491 g/mol. The lowest BCUT2D eigenvalue weighted by Gasteiger charge is -2.40. The normalized spacial score (nSPS) is 17.7. The standard InChI is InChI=1S/C19H21F5N4O5S/c1-11-26-16(27-33-11)17(2,10-34(3,30)31)5-14(29)12-4-15(32-9-19(22,23)24)13(6-25-12)28-7-18(20,21)8-28/h4,6H,5,7-10H2,1-3H3. The average molecular weight is 512 g/mol. The molecule has 1 saturated heterocycles. The lowest BCUT2D eigenvalue weighted by Crippen LogP contribution is -2.56. The quantitative estimate of drug-likeness (QED) is 0.369. The lowest BCUT2D eigenvalue weighted by atomic mass is 9.85. The summed E-state index contributed by atoms with van der Waals surface area (Å²) >= 11 is 0. The van der Waals surface area contributed by atoms with E-state index >= 15 is 0 Å². The minimum absolute atomic E-state index is 0.0447. The molecule has 0 bridgehead atoms. The smallest absolute Gasteiger partial charge is 0.422 e. The van der Waals surface area contributed by atoms with E-state index in [9.17, 15) is 35.2 Å². The van der Waals surface area contributed by atoms with Crippen LogP contribution in [0.2, 0.25) is 0 Å². The molecule has 0 aromatic carbocycles. The van der Waals surface area contributed by atoms with Gasteiger partial charge in [-0.1, -0.05) is 12.1 Å². The Labute approximate surface area is 191 Å². The number of nitrogens with zero attached hydrogens (tertiary/aromatic N) is 4. The number of sulfone groups is 1. The van der Waals surface area contributed by atoms with Crippen LogP contribution in [0.5, 0.6) is 5.75 Å². The predicted octanol–water partition coefficient (Wildman–Crippen LogP) is 2.74. The number of hydrogen-bond acceptors (Lipinski definition) is 9. The number of carbonyl (C=O) groups excluding carboxylic acids is 1. The molecule has 1 aliphatic heterocycles. The van der Waals surface area contributed by atoms with Crippen molar-refractivity contribution in [2.75, 3.05) is 36.6 Å². The van der Waals surface area contributed by atoms with Crippen molar-refractivity contribution in [3.8, 4) is 5.75 Å². The van der Waals surface area contributed by atoms with Crippen molar-refractivity contribution in [2.24, 2.45) is 0 Å². The molecule has 15 heteroatoms. The molecule has 0 saturated carbocycles. The first-order valence-electron chi connectivity index (χ1n) is 9.80. The summed E-state index contributed by atoms with van der Waals surface area (Å²) < 4.78 is 98.3. The Morgan fingerprint density at radius 3 is 2.44 bits per heavy atom. The molecule has 3 heterocycles. The van der Waals surface area contributed by atoms with E-state index in [1.807, 2.05) is 0 Å². The molecule has 188 valence electrons. The van der Waals surface area contributed by atoms with Crippen LogP contribution < -0.4 is 9.64 Å². The van der Waals surface area contributed by atoms with Crippen molar-refractivity contribution in [3.63, 3.8) is 0 Å². The number of aromatic nitrogens is 3. The third-order valence-electron chi connectivity index (χ3n) is 4.91. The van der Waals surface area contributed by atoms with Crippen molar-refractivity contribution >= 4 is 21.3 Å². The third kappa shape index (κ3) is 6.39. The highest BCUT2D eigenvalue weighted by molar-refractivity contribution is 7.90. The first kappa shape index (κ1) is 25.8. The first-order valence-corrected chi connectivity index (χ1v) is 11.9. The summed E-state index contributed by atoms with van der Waals surface area (Å²) in [5.74, 6) is -4.64. The number of ether oxygens (including phenoxy) is 1. The fourth-order valence-corrected chi connectivity index (χ4v) is 4.93. The number of hydrogen-bond donors (Lipinski definition) is 0. The molecule has 0 spiro atoms. The van der Waals surface area contributed by atoms with Gasteiger partial charge in [0.25, 0.3) is 5.92 Å². The fourth-order valence-electron chi connectivity index (χ4n) is 3.54. The number of alkyl halides is 5. The maximum Gasteiger partial charge on any atom is 0.422 e. The summed E-state index contributed by atoms with van der Waals surface area (Å²) in [4.78, 5) is 22.0. The van der Waals surface area contributed by atoms with Crippen molar-refractivity contribution in [1.29, 1.82) is 0 Å². The molecule has 2 aromatic rings. The second kappa shape index (κ2) is 8.74. The molecule has 1 atom stereocenters. The second-order valence-corrected chi connectivity index (χ2v) is 10.7. The van der Waals surface area contributed by atoms with Gasteiger partial charge < -0.3 is 14.2 Å². The summed E-state index contributed by atoms with van der Waals surface area (Å²) in [6.45, 7) is -0.297. The van der Waals surface area contributed by atoms with Crippen molar-refractivity contribution in [1.82, 2.24) is 15.1 Å². The first-order chi connectivity index (χ1) is 15.5. The molecule has 9 nitrogen and oxygen atoms in total. The van der Waals surface area contributed by atoms with Gasteiger partial charge in [0.15, 0.2) is 18.2 Å². The number of rotatable bonds is 9. The van der Waals surface area contributed by atoms with Crippen LogP contribution in [-0.4, -0.2) is 73.1 Å². The van der Waals surface area contributed by atoms with Gasteiger partial charge in [-0.25, -0.2) is 17.2 Å². The number of Topliss-reactive ketones (excluding diaryl/α,β-unsaturated/α-hetero) is 1. The molecular formula is C19H21F5N4O5S. The van der Waals surface area contributed by atoms with Crippen LogP contribution in [0.1, 0.15) is 35.5 Å². The molecule has 0 amide bonds. The molecule has 34 heavy (non-hydrogen) atoms. The Morgan fingerprint density at radius 1 is 1.29 bits per heavy atom. The van der Waals surface area contributed by atoms with E-state index < -0.39 is 70.8 Å². The average Bonchev–Trinajstić information content (AvgIpc) is 3.09. The van der Waals surface area contributed by atoms with Gasteiger partial charge in [-0.05, 0) is 0 Å². The Kier molecular flexibility index (Phi) is 6.63. The van der Waals surface area contributed by atoms with Gasteiger partial charge in [0.2, 0.25) is 5.89 Å². The van der Waals surface area contributed by atoms with E-state index in [0.29, 0.717) is 0 Å². The zero-order chi connectivity index (χ0) is 25.5. The van der Waals surface area contributed by atoms with Crippen LogP contribution in [0, 0.1) is 6.92 Å². The minimum atomic E-state index is -4.71.